The standard InChI is InChI=1S/C14H21NO3S/c1-12-5-2-3-6-13(12)11-19(16,17)15-9-8-14-7-4-10-18-14/h2-3,5-6,14-15H,4,7-11H2,1H3. The van der Waals surface area contributed by atoms with Gasteiger partial charge in [0.15, 0.2) is 0 Å². The van der Waals surface area contributed by atoms with Crippen LogP contribution in [0.4, 0.5) is 0 Å². The first-order chi connectivity index (χ1) is 9.07. The number of rotatable bonds is 6. The summed E-state index contributed by atoms with van der Waals surface area (Å²) in [5, 5.41) is 0. The molecule has 0 saturated carbocycles. The maximum Gasteiger partial charge on any atom is 0.215 e. The molecule has 4 nitrogen and oxygen atoms in total. The predicted molar refractivity (Wildman–Crippen MR) is 75.4 cm³/mol. The Balaban J connectivity index is 1.83. The van der Waals surface area contributed by atoms with Crippen molar-refractivity contribution < 1.29 is 13.2 Å². The molecule has 1 N–H and O–H groups in total. The molecule has 1 aliphatic heterocycles. The Labute approximate surface area is 115 Å². The van der Waals surface area contributed by atoms with E-state index in [1.807, 2.05) is 31.2 Å². The van der Waals surface area contributed by atoms with Crippen molar-refractivity contribution >= 4 is 10.0 Å². The molecular weight excluding hydrogens is 262 g/mol. The Hall–Kier alpha value is -0.910. The number of ether oxygens (including phenoxy) is 1. The third-order valence-electron chi connectivity index (χ3n) is 3.42. The highest BCUT2D eigenvalue weighted by Gasteiger charge is 2.17. The first-order valence-corrected chi connectivity index (χ1v) is 8.35. The third-order valence-corrected chi connectivity index (χ3v) is 4.75. The lowest BCUT2D eigenvalue weighted by Crippen LogP contribution is -2.28. The number of benzene rings is 1. The van der Waals surface area contributed by atoms with Crippen molar-refractivity contribution in [1.29, 1.82) is 0 Å². The van der Waals surface area contributed by atoms with Gasteiger partial charge in [0, 0.05) is 13.2 Å². The highest BCUT2D eigenvalue weighted by atomic mass is 32.2. The second-order valence-corrected chi connectivity index (χ2v) is 6.81. The van der Waals surface area contributed by atoms with E-state index in [1.54, 1.807) is 0 Å². The fraction of sp³-hybridized carbons (Fsp3) is 0.571. The minimum absolute atomic E-state index is 0.0468. The number of sulfonamides is 1. The Kier molecular flexibility index (Phi) is 4.96. The zero-order chi connectivity index (χ0) is 13.7. The van der Waals surface area contributed by atoms with Crippen molar-refractivity contribution in [2.45, 2.75) is 38.0 Å². The summed E-state index contributed by atoms with van der Waals surface area (Å²) in [6.07, 6.45) is 3.11. The van der Waals surface area contributed by atoms with Crippen molar-refractivity contribution in [3.63, 3.8) is 0 Å². The van der Waals surface area contributed by atoms with Crippen LogP contribution in [0.1, 0.15) is 30.4 Å². The van der Waals surface area contributed by atoms with Gasteiger partial charge >= 0.3 is 0 Å². The van der Waals surface area contributed by atoms with Crippen molar-refractivity contribution in [3.05, 3.63) is 35.4 Å². The SMILES string of the molecule is Cc1ccccc1CS(=O)(=O)NCCC1CCCO1. The zero-order valence-electron chi connectivity index (χ0n) is 11.3. The van der Waals surface area contributed by atoms with Crippen LogP contribution in [0.15, 0.2) is 24.3 Å². The van der Waals surface area contributed by atoms with Crippen molar-refractivity contribution in [2.75, 3.05) is 13.2 Å². The van der Waals surface area contributed by atoms with Gasteiger partial charge in [0.1, 0.15) is 0 Å². The predicted octanol–water partition coefficient (Wildman–Crippen LogP) is 1.98. The van der Waals surface area contributed by atoms with Crippen molar-refractivity contribution in [3.8, 4) is 0 Å². The normalized spacial score (nSPS) is 19.7. The molecular formula is C14H21NO3S. The number of hydrogen-bond acceptors (Lipinski definition) is 3. The fourth-order valence-corrected chi connectivity index (χ4v) is 3.54. The molecule has 2 rings (SSSR count). The molecule has 0 amide bonds. The summed E-state index contributed by atoms with van der Waals surface area (Å²) in [5.41, 5.74) is 1.86. The van der Waals surface area contributed by atoms with Crippen LogP contribution in [0.25, 0.3) is 0 Å². The van der Waals surface area contributed by atoms with Crippen molar-refractivity contribution in [2.24, 2.45) is 0 Å². The van der Waals surface area contributed by atoms with Crippen LogP contribution in [-0.4, -0.2) is 27.7 Å². The molecule has 1 saturated heterocycles. The van der Waals surface area contributed by atoms with Crippen LogP contribution in [0.5, 0.6) is 0 Å². The molecule has 1 atom stereocenters. The van der Waals surface area contributed by atoms with Crippen LogP contribution in [0.3, 0.4) is 0 Å². The van der Waals surface area contributed by atoms with E-state index in [-0.39, 0.29) is 11.9 Å². The molecule has 1 fully saturated rings. The second-order valence-electron chi connectivity index (χ2n) is 5.00. The second kappa shape index (κ2) is 6.50. The van der Waals surface area contributed by atoms with Gasteiger partial charge in [0.2, 0.25) is 10.0 Å². The zero-order valence-corrected chi connectivity index (χ0v) is 12.1. The summed E-state index contributed by atoms with van der Waals surface area (Å²) < 4.78 is 32.1. The topological polar surface area (TPSA) is 55.4 Å². The average Bonchev–Trinajstić information content (AvgIpc) is 2.85. The maximum atomic E-state index is 12.0. The molecule has 0 radical (unpaired) electrons. The van der Waals surface area contributed by atoms with E-state index in [0.717, 1.165) is 37.0 Å². The summed E-state index contributed by atoms with van der Waals surface area (Å²) in [4.78, 5) is 0. The molecule has 5 heteroatoms. The van der Waals surface area contributed by atoms with Crippen LogP contribution < -0.4 is 4.72 Å². The van der Waals surface area contributed by atoms with Gasteiger partial charge in [0.05, 0.1) is 11.9 Å². The largest absolute Gasteiger partial charge is 0.378 e. The minimum Gasteiger partial charge on any atom is -0.378 e. The summed E-state index contributed by atoms with van der Waals surface area (Å²) in [5.74, 6) is 0.0468. The quantitative estimate of drug-likeness (QED) is 0.868. The molecule has 0 aliphatic carbocycles. The van der Waals surface area contributed by atoms with E-state index >= 15 is 0 Å². The Morgan fingerprint density at radius 1 is 1.37 bits per heavy atom. The van der Waals surface area contributed by atoms with Crippen LogP contribution >= 0.6 is 0 Å². The number of nitrogens with one attached hydrogen (secondary N) is 1. The molecule has 1 aromatic carbocycles. The Morgan fingerprint density at radius 2 is 2.16 bits per heavy atom. The van der Waals surface area contributed by atoms with Gasteiger partial charge in [-0.15, -0.1) is 0 Å². The monoisotopic (exact) mass is 283 g/mol. The smallest absolute Gasteiger partial charge is 0.215 e. The van der Waals surface area contributed by atoms with Gasteiger partial charge in [-0.05, 0) is 37.3 Å². The lowest BCUT2D eigenvalue weighted by atomic mass is 10.1. The summed E-state index contributed by atoms with van der Waals surface area (Å²) in [7, 11) is -3.25. The average molecular weight is 283 g/mol. The van der Waals surface area contributed by atoms with Gasteiger partial charge in [-0.1, -0.05) is 24.3 Å². The molecule has 0 aromatic heterocycles. The minimum atomic E-state index is -3.25. The molecule has 0 spiro atoms. The first-order valence-electron chi connectivity index (χ1n) is 6.70. The van der Waals surface area contributed by atoms with Gasteiger partial charge in [-0.3, -0.25) is 0 Å². The Bertz CT molecular complexity index is 507. The van der Waals surface area contributed by atoms with E-state index in [1.165, 1.54) is 0 Å². The summed E-state index contributed by atoms with van der Waals surface area (Å²) in [6, 6.07) is 7.56. The van der Waals surface area contributed by atoms with E-state index in [4.69, 9.17) is 4.74 Å². The summed E-state index contributed by atoms with van der Waals surface area (Å²) >= 11 is 0. The molecule has 19 heavy (non-hydrogen) atoms. The van der Waals surface area contributed by atoms with E-state index in [9.17, 15) is 8.42 Å². The van der Waals surface area contributed by atoms with E-state index in [0.29, 0.717) is 6.54 Å². The van der Waals surface area contributed by atoms with Crippen LogP contribution in [0, 0.1) is 6.92 Å². The lowest BCUT2D eigenvalue weighted by Gasteiger charge is -2.11. The Morgan fingerprint density at radius 3 is 2.84 bits per heavy atom. The molecule has 1 aliphatic rings. The highest BCUT2D eigenvalue weighted by molar-refractivity contribution is 7.88. The molecule has 1 aromatic rings. The van der Waals surface area contributed by atoms with Crippen molar-refractivity contribution in [1.82, 2.24) is 4.72 Å². The van der Waals surface area contributed by atoms with E-state index in [2.05, 4.69) is 4.72 Å². The molecule has 1 heterocycles. The number of hydrogen-bond donors (Lipinski definition) is 1. The lowest BCUT2D eigenvalue weighted by molar-refractivity contribution is 0.105. The van der Waals surface area contributed by atoms with Gasteiger partial charge in [0.25, 0.3) is 0 Å². The fourth-order valence-electron chi connectivity index (χ4n) is 2.28. The molecule has 0 bridgehead atoms. The van der Waals surface area contributed by atoms with Gasteiger partial charge in [-0.25, -0.2) is 13.1 Å². The molecule has 1 unspecified atom stereocenters. The van der Waals surface area contributed by atoms with Crippen LogP contribution in [0.2, 0.25) is 0 Å². The van der Waals surface area contributed by atoms with E-state index < -0.39 is 10.0 Å². The third kappa shape index (κ3) is 4.60. The van der Waals surface area contributed by atoms with Crippen LogP contribution in [-0.2, 0) is 20.5 Å². The maximum absolute atomic E-state index is 12.0. The van der Waals surface area contributed by atoms with Gasteiger partial charge in [-0.2, -0.15) is 0 Å². The van der Waals surface area contributed by atoms with Gasteiger partial charge < -0.3 is 4.74 Å². The summed E-state index contributed by atoms with van der Waals surface area (Å²) in [6.45, 7) is 3.19. The first kappa shape index (κ1) is 14.5. The highest BCUT2D eigenvalue weighted by Crippen LogP contribution is 2.15. The number of aryl methyl sites for hydroxylation is 1. The molecule has 106 valence electrons.